The van der Waals surface area contributed by atoms with Crippen molar-refractivity contribution in [2.24, 2.45) is 0 Å². The highest BCUT2D eigenvalue weighted by Gasteiger charge is 2.11. The highest BCUT2D eigenvalue weighted by molar-refractivity contribution is 7.90. The molecule has 0 fully saturated rings. The Balaban J connectivity index is 2.11. The third-order valence-electron chi connectivity index (χ3n) is 2.63. The number of hydrogen-bond donors (Lipinski definition) is 2. The molecular formula is C13H14N2O3S. The minimum Gasteiger partial charge on any atom is -0.364 e. The van der Waals surface area contributed by atoms with Gasteiger partial charge in [0.25, 0.3) is 5.91 Å². The molecule has 0 radical (unpaired) electrons. The molecule has 0 aliphatic carbocycles. The van der Waals surface area contributed by atoms with Gasteiger partial charge in [-0.15, -0.1) is 0 Å². The fourth-order valence-electron chi connectivity index (χ4n) is 1.62. The van der Waals surface area contributed by atoms with Gasteiger partial charge in [-0.2, -0.15) is 0 Å². The highest BCUT2D eigenvalue weighted by atomic mass is 32.2. The zero-order chi connectivity index (χ0) is 13.9. The van der Waals surface area contributed by atoms with Gasteiger partial charge in [-0.3, -0.25) is 4.79 Å². The molecule has 1 aromatic heterocycles. The van der Waals surface area contributed by atoms with Crippen LogP contribution in [-0.2, 0) is 16.4 Å². The van der Waals surface area contributed by atoms with E-state index in [1.807, 2.05) is 12.1 Å². The number of H-pyrrole nitrogens is 1. The van der Waals surface area contributed by atoms with E-state index in [1.165, 1.54) is 12.1 Å². The van der Waals surface area contributed by atoms with Gasteiger partial charge in [-0.1, -0.05) is 6.07 Å². The molecule has 1 amide bonds. The average molecular weight is 278 g/mol. The molecule has 100 valence electrons. The fraction of sp³-hybridized carbons (Fsp3) is 0.154. The van der Waals surface area contributed by atoms with Gasteiger partial charge in [0.2, 0.25) is 0 Å². The summed E-state index contributed by atoms with van der Waals surface area (Å²) in [5, 5.41) is 2.72. The highest BCUT2D eigenvalue weighted by Crippen LogP contribution is 2.11. The second kappa shape index (κ2) is 5.27. The summed E-state index contributed by atoms with van der Waals surface area (Å²) in [4.78, 5) is 15.0. The third kappa shape index (κ3) is 3.45. The Kier molecular flexibility index (Phi) is 3.71. The minimum atomic E-state index is -3.30. The summed E-state index contributed by atoms with van der Waals surface area (Å²) in [5.41, 5.74) is 1.21. The molecule has 2 N–H and O–H groups in total. The zero-order valence-corrected chi connectivity index (χ0v) is 11.2. The molecular weight excluding hydrogens is 264 g/mol. The minimum absolute atomic E-state index is 0.139. The molecule has 2 rings (SSSR count). The van der Waals surface area contributed by atoms with Crippen LogP contribution in [0.4, 0.5) is 0 Å². The molecule has 0 saturated heterocycles. The van der Waals surface area contributed by atoms with Crippen molar-refractivity contribution in [1.82, 2.24) is 10.3 Å². The molecule has 0 unspecified atom stereocenters. The Labute approximate surface area is 111 Å². The molecule has 2 aromatic rings. The van der Waals surface area contributed by atoms with Crippen LogP contribution >= 0.6 is 0 Å². The molecule has 0 spiro atoms. The van der Waals surface area contributed by atoms with E-state index in [1.54, 1.807) is 18.3 Å². The Bertz CT molecular complexity index is 676. The van der Waals surface area contributed by atoms with Crippen LogP contribution in [0, 0.1) is 0 Å². The number of nitrogens with one attached hydrogen (secondary N) is 2. The maximum absolute atomic E-state index is 11.9. The first-order chi connectivity index (χ1) is 8.97. The van der Waals surface area contributed by atoms with Crippen LogP contribution in [0.2, 0.25) is 0 Å². The van der Waals surface area contributed by atoms with E-state index in [9.17, 15) is 13.2 Å². The molecule has 19 heavy (non-hydrogen) atoms. The molecule has 1 heterocycles. The van der Waals surface area contributed by atoms with Crippen LogP contribution in [0.1, 0.15) is 16.1 Å². The van der Waals surface area contributed by atoms with Crippen molar-refractivity contribution in [3.63, 3.8) is 0 Å². The second-order valence-corrected chi connectivity index (χ2v) is 6.19. The Morgan fingerprint density at radius 1 is 1.26 bits per heavy atom. The Morgan fingerprint density at radius 2 is 2.05 bits per heavy atom. The van der Waals surface area contributed by atoms with Crippen LogP contribution in [0.15, 0.2) is 47.5 Å². The van der Waals surface area contributed by atoms with Gasteiger partial charge in [-0.25, -0.2) is 8.42 Å². The van der Waals surface area contributed by atoms with Crippen LogP contribution < -0.4 is 5.32 Å². The molecule has 0 saturated carbocycles. The number of aromatic amines is 1. The quantitative estimate of drug-likeness (QED) is 0.886. The predicted molar refractivity (Wildman–Crippen MR) is 71.5 cm³/mol. The van der Waals surface area contributed by atoms with Gasteiger partial charge >= 0.3 is 0 Å². The van der Waals surface area contributed by atoms with Gasteiger partial charge in [-0.05, 0) is 30.3 Å². The number of carbonyl (C=O) groups excluding carboxylic acids is 1. The van der Waals surface area contributed by atoms with Crippen molar-refractivity contribution in [2.75, 3.05) is 6.26 Å². The number of aromatic nitrogens is 1. The Morgan fingerprint density at radius 3 is 2.68 bits per heavy atom. The van der Waals surface area contributed by atoms with Gasteiger partial charge in [0, 0.05) is 23.7 Å². The van der Waals surface area contributed by atoms with Gasteiger partial charge < -0.3 is 10.3 Å². The van der Waals surface area contributed by atoms with Crippen molar-refractivity contribution < 1.29 is 13.2 Å². The van der Waals surface area contributed by atoms with Crippen LogP contribution in [-0.4, -0.2) is 25.6 Å². The Hall–Kier alpha value is -2.08. The molecule has 6 heteroatoms. The number of benzene rings is 1. The van der Waals surface area contributed by atoms with Crippen molar-refractivity contribution in [3.05, 3.63) is 53.9 Å². The van der Waals surface area contributed by atoms with E-state index in [0.29, 0.717) is 12.1 Å². The summed E-state index contributed by atoms with van der Waals surface area (Å²) in [7, 11) is -3.30. The summed E-state index contributed by atoms with van der Waals surface area (Å²) in [6.45, 7) is 0.370. The number of sulfone groups is 1. The lowest BCUT2D eigenvalue weighted by atomic mass is 10.2. The van der Waals surface area contributed by atoms with Crippen LogP contribution in [0.3, 0.4) is 0 Å². The molecule has 0 aliphatic heterocycles. The zero-order valence-electron chi connectivity index (χ0n) is 10.4. The van der Waals surface area contributed by atoms with Gasteiger partial charge in [0.05, 0.1) is 11.4 Å². The average Bonchev–Trinajstić information content (AvgIpc) is 2.88. The fourth-order valence-corrected chi connectivity index (χ4v) is 2.29. The van der Waals surface area contributed by atoms with Crippen molar-refractivity contribution in [3.8, 4) is 0 Å². The van der Waals surface area contributed by atoms with Crippen molar-refractivity contribution >= 4 is 15.7 Å². The maximum Gasteiger partial charge on any atom is 0.251 e. The molecule has 0 aliphatic rings. The topological polar surface area (TPSA) is 79.0 Å². The SMILES string of the molecule is CS(=O)(=O)c1cccc(C(=O)NCc2ccc[nH]2)c1. The van der Waals surface area contributed by atoms with Gasteiger partial charge in [0.1, 0.15) is 0 Å². The first kappa shape index (κ1) is 13.4. The number of rotatable bonds is 4. The van der Waals surface area contributed by atoms with E-state index < -0.39 is 9.84 Å². The third-order valence-corrected chi connectivity index (χ3v) is 3.74. The summed E-state index contributed by atoms with van der Waals surface area (Å²) < 4.78 is 22.8. The first-order valence-electron chi connectivity index (χ1n) is 5.67. The van der Waals surface area contributed by atoms with E-state index in [2.05, 4.69) is 10.3 Å². The van der Waals surface area contributed by atoms with Crippen molar-refractivity contribution in [1.29, 1.82) is 0 Å². The van der Waals surface area contributed by atoms with E-state index in [0.717, 1.165) is 11.9 Å². The second-order valence-electron chi connectivity index (χ2n) is 4.18. The largest absolute Gasteiger partial charge is 0.364 e. The lowest BCUT2D eigenvalue weighted by Crippen LogP contribution is -2.23. The summed E-state index contributed by atoms with van der Waals surface area (Å²) >= 11 is 0. The monoisotopic (exact) mass is 278 g/mol. The lowest BCUT2D eigenvalue weighted by molar-refractivity contribution is 0.0950. The molecule has 0 bridgehead atoms. The summed E-state index contributed by atoms with van der Waals surface area (Å²) in [6.07, 6.45) is 2.88. The lowest BCUT2D eigenvalue weighted by Gasteiger charge is -2.05. The van der Waals surface area contributed by atoms with E-state index in [4.69, 9.17) is 0 Å². The number of carbonyl (C=O) groups is 1. The maximum atomic E-state index is 11.9. The van der Waals surface area contributed by atoms with Gasteiger partial charge in [0.15, 0.2) is 9.84 Å². The van der Waals surface area contributed by atoms with E-state index >= 15 is 0 Å². The standard InChI is InChI=1S/C13H14N2O3S/c1-19(17,18)12-6-2-4-10(8-12)13(16)15-9-11-5-3-7-14-11/h2-8,14H,9H2,1H3,(H,15,16). The molecule has 0 atom stereocenters. The molecule has 1 aromatic carbocycles. The normalized spacial score (nSPS) is 11.2. The number of hydrogen-bond acceptors (Lipinski definition) is 3. The summed E-state index contributed by atoms with van der Waals surface area (Å²) in [6, 6.07) is 9.67. The smallest absolute Gasteiger partial charge is 0.251 e. The van der Waals surface area contributed by atoms with Crippen molar-refractivity contribution in [2.45, 2.75) is 11.4 Å². The van der Waals surface area contributed by atoms with E-state index in [-0.39, 0.29) is 10.8 Å². The first-order valence-corrected chi connectivity index (χ1v) is 7.56. The van der Waals surface area contributed by atoms with Crippen LogP contribution in [0.25, 0.3) is 0 Å². The molecule has 5 nitrogen and oxygen atoms in total. The van der Waals surface area contributed by atoms with Crippen LogP contribution in [0.5, 0.6) is 0 Å². The number of amides is 1. The predicted octanol–water partition coefficient (Wildman–Crippen LogP) is 1.35. The summed E-state index contributed by atoms with van der Waals surface area (Å²) in [5.74, 6) is -0.305.